The number of rotatable bonds is 6. The van der Waals surface area contributed by atoms with Crippen molar-refractivity contribution < 1.29 is 23.1 Å². The van der Waals surface area contributed by atoms with Crippen LogP contribution in [0.1, 0.15) is 54.9 Å². The molecule has 2 aromatic heterocycles. The predicted octanol–water partition coefficient (Wildman–Crippen LogP) is 4.79. The molecule has 0 radical (unpaired) electrons. The minimum atomic E-state index is -1.77. The van der Waals surface area contributed by atoms with E-state index in [1.165, 1.54) is 6.20 Å². The summed E-state index contributed by atoms with van der Waals surface area (Å²) in [6.07, 6.45) is 3.57. The molecule has 3 aromatic rings. The van der Waals surface area contributed by atoms with Crippen molar-refractivity contribution in [1.82, 2.24) is 9.55 Å². The summed E-state index contributed by atoms with van der Waals surface area (Å²) < 4.78 is 43.5. The van der Waals surface area contributed by atoms with E-state index in [1.54, 1.807) is 6.07 Å². The molecule has 1 unspecified atom stereocenters. The molecule has 0 saturated heterocycles. The van der Waals surface area contributed by atoms with Crippen LogP contribution in [0.5, 0.6) is 0 Å². The van der Waals surface area contributed by atoms with Gasteiger partial charge in [-0.2, -0.15) is 4.39 Å². The molecule has 1 aromatic carbocycles. The maximum Gasteiger partial charge on any atom is 0.344 e. The number of pyridine rings is 2. The summed E-state index contributed by atoms with van der Waals surface area (Å²) in [5.41, 5.74) is -2.24. The highest BCUT2D eigenvalue weighted by atomic mass is 19.1. The Hall–Kier alpha value is -3.16. The second-order valence-electron chi connectivity index (χ2n) is 6.72. The molecule has 0 spiro atoms. The minimum Gasteiger partial charge on any atom is -0.477 e. The van der Waals surface area contributed by atoms with Crippen molar-refractivity contribution in [2.24, 2.45) is 0 Å². The van der Waals surface area contributed by atoms with E-state index < -0.39 is 40.2 Å². The Morgan fingerprint density at radius 1 is 1.21 bits per heavy atom. The molecule has 0 fully saturated rings. The first-order valence-electron chi connectivity index (χ1n) is 9.23. The number of benzene rings is 1. The van der Waals surface area contributed by atoms with Gasteiger partial charge in [-0.05, 0) is 42.5 Å². The normalized spacial score (nSPS) is 12.3. The molecule has 0 amide bonds. The topological polar surface area (TPSA) is 72.2 Å². The average molecular weight is 404 g/mol. The van der Waals surface area contributed by atoms with E-state index in [2.05, 4.69) is 4.98 Å². The van der Waals surface area contributed by atoms with Gasteiger partial charge in [-0.15, -0.1) is 0 Å². The van der Waals surface area contributed by atoms with E-state index >= 15 is 4.39 Å². The third-order valence-electron chi connectivity index (χ3n) is 4.97. The van der Waals surface area contributed by atoms with Crippen molar-refractivity contribution in [3.8, 4) is 5.69 Å². The number of fused-ring (bicyclic) bond motifs is 1. The summed E-state index contributed by atoms with van der Waals surface area (Å²) in [4.78, 5) is 28.6. The fourth-order valence-corrected chi connectivity index (χ4v) is 3.63. The van der Waals surface area contributed by atoms with Gasteiger partial charge in [0.2, 0.25) is 11.4 Å². The van der Waals surface area contributed by atoms with Crippen molar-refractivity contribution in [3.63, 3.8) is 0 Å². The summed E-state index contributed by atoms with van der Waals surface area (Å²) in [7, 11) is 0. The largest absolute Gasteiger partial charge is 0.477 e. The molecule has 8 heteroatoms. The SMILES string of the molecule is CCCC(CC)c1ccnc2c1c(=O)c(C(=O)O)c(F)n2-c1ccc(F)cc1F. The molecule has 1 N–H and O–H groups in total. The average Bonchev–Trinajstić information content (AvgIpc) is 2.67. The van der Waals surface area contributed by atoms with Gasteiger partial charge in [0.05, 0.1) is 11.1 Å². The number of aromatic carboxylic acids is 1. The Bertz CT molecular complexity index is 1160. The Kier molecular flexibility index (Phi) is 5.72. The Morgan fingerprint density at radius 3 is 2.52 bits per heavy atom. The fourth-order valence-electron chi connectivity index (χ4n) is 3.63. The number of carboxylic acids is 1. The fraction of sp³-hybridized carbons (Fsp3) is 0.286. The highest BCUT2D eigenvalue weighted by molar-refractivity contribution is 5.93. The molecule has 3 rings (SSSR count). The smallest absolute Gasteiger partial charge is 0.344 e. The number of hydrogen-bond acceptors (Lipinski definition) is 3. The Balaban J connectivity index is 2.52. The Morgan fingerprint density at radius 2 is 1.93 bits per heavy atom. The lowest BCUT2D eigenvalue weighted by molar-refractivity contribution is 0.0689. The summed E-state index contributed by atoms with van der Waals surface area (Å²) in [6, 6.07) is 4.04. The second kappa shape index (κ2) is 8.06. The van der Waals surface area contributed by atoms with Gasteiger partial charge >= 0.3 is 5.97 Å². The van der Waals surface area contributed by atoms with Gasteiger partial charge in [-0.1, -0.05) is 20.3 Å². The van der Waals surface area contributed by atoms with E-state index in [0.717, 1.165) is 25.0 Å². The van der Waals surface area contributed by atoms with Crippen LogP contribution in [0.4, 0.5) is 13.2 Å². The van der Waals surface area contributed by atoms with Crippen molar-refractivity contribution >= 4 is 17.0 Å². The molecule has 29 heavy (non-hydrogen) atoms. The first-order valence-corrected chi connectivity index (χ1v) is 9.23. The number of halogens is 3. The van der Waals surface area contributed by atoms with Crippen molar-refractivity contribution in [2.75, 3.05) is 0 Å². The van der Waals surface area contributed by atoms with Crippen molar-refractivity contribution in [1.29, 1.82) is 0 Å². The number of aromatic nitrogens is 2. The maximum absolute atomic E-state index is 15.1. The molecule has 2 heterocycles. The number of nitrogens with zero attached hydrogens (tertiary/aromatic N) is 2. The molecule has 0 aliphatic rings. The number of carbonyl (C=O) groups is 1. The van der Waals surface area contributed by atoms with Gasteiger partial charge < -0.3 is 5.11 Å². The lowest BCUT2D eigenvalue weighted by Gasteiger charge is -2.19. The van der Waals surface area contributed by atoms with Crippen LogP contribution in [0.25, 0.3) is 16.7 Å². The van der Waals surface area contributed by atoms with Crippen molar-refractivity contribution in [2.45, 2.75) is 39.0 Å². The van der Waals surface area contributed by atoms with Crippen LogP contribution in [0.15, 0.2) is 35.3 Å². The van der Waals surface area contributed by atoms with Crippen LogP contribution in [-0.4, -0.2) is 20.6 Å². The molecule has 5 nitrogen and oxygen atoms in total. The van der Waals surface area contributed by atoms with E-state index in [1.807, 2.05) is 13.8 Å². The van der Waals surface area contributed by atoms with Crippen LogP contribution in [0, 0.1) is 17.6 Å². The van der Waals surface area contributed by atoms with Gasteiger partial charge in [-0.25, -0.2) is 18.6 Å². The summed E-state index contributed by atoms with van der Waals surface area (Å²) in [5, 5.41) is 9.38. The van der Waals surface area contributed by atoms with E-state index in [4.69, 9.17) is 0 Å². The highest BCUT2D eigenvalue weighted by Crippen LogP contribution is 2.31. The lowest BCUT2D eigenvalue weighted by atomic mass is 9.90. The van der Waals surface area contributed by atoms with Crippen LogP contribution >= 0.6 is 0 Å². The standard InChI is InChI=1S/C21H19F3N2O3/c1-3-5-11(4-2)13-8-9-25-20-16(13)18(27)17(21(28)29)19(24)26(20)15-7-6-12(22)10-14(15)23/h6-11H,3-5H2,1-2H3,(H,28,29). The monoisotopic (exact) mass is 404 g/mol. The van der Waals surface area contributed by atoms with Gasteiger partial charge in [0, 0.05) is 12.3 Å². The van der Waals surface area contributed by atoms with Crippen LogP contribution < -0.4 is 5.43 Å². The van der Waals surface area contributed by atoms with Crippen LogP contribution in [-0.2, 0) is 0 Å². The lowest BCUT2D eigenvalue weighted by Crippen LogP contribution is -2.25. The summed E-state index contributed by atoms with van der Waals surface area (Å²) in [6.45, 7) is 3.90. The van der Waals surface area contributed by atoms with Crippen LogP contribution in [0.3, 0.4) is 0 Å². The minimum absolute atomic E-state index is 0.0738. The number of carboxylic acid groups (broad SMARTS) is 1. The summed E-state index contributed by atoms with van der Waals surface area (Å²) in [5.74, 6) is -5.31. The first kappa shape index (κ1) is 20.6. The molecule has 152 valence electrons. The zero-order valence-electron chi connectivity index (χ0n) is 15.9. The zero-order valence-corrected chi connectivity index (χ0v) is 15.9. The molecular weight excluding hydrogens is 385 g/mol. The first-order chi connectivity index (χ1) is 13.8. The van der Waals surface area contributed by atoms with Crippen molar-refractivity contribution in [3.05, 3.63) is 69.4 Å². The van der Waals surface area contributed by atoms with E-state index in [-0.39, 0.29) is 17.0 Å². The quantitative estimate of drug-likeness (QED) is 0.600. The van der Waals surface area contributed by atoms with E-state index in [9.17, 15) is 23.5 Å². The van der Waals surface area contributed by atoms with Gasteiger partial charge in [0.15, 0.2) is 11.2 Å². The van der Waals surface area contributed by atoms with Crippen LogP contribution in [0.2, 0.25) is 0 Å². The zero-order chi connectivity index (χ0) is 21.3. The molecule has 0 bridgehead atoms. The third-order valence-corrected chi connectivity index (χ3v) is 4.97. The van der Waals surface area contributed by atoms with Gasteiger partial charge in [0.25, 0.3) is 0 Å². The van der Waals surface area contributed by atoms with Gasteiger partial charge in [0.1, 0.15) is 11.6 Å². The molecular formula is C21H19F3N2O3. The third kappa shape index (κ3) is 3.50. The highest BCUT2D eigenvalue weighted by Gasteiger charge is 2.27. The molecule has 0 saturated carbocycles. The maximum atomic E-state index is 15.1. The predicted molar refractivity (Wildman–Crippen MR) is 102 cm³/mol. The summed E-state index contributed by atoms with van der Waals surface area (Å²) >= 11 is 0. The Labute approximate surface area is 164 Å². The van der Waals surface area contributed by atoms with E-state index in [0.29, 0.717) is 22.6 Å². The second-order valence-corrected chi connectivity index (χ2v) is 6.72. The molecule has 0 aliphatic heterocycles. The molecule has 0 aliphatic carbocycles. The number of hydrogen-bond donors (Lipinski definition) is 1. The van der Waals surface area contributed by atoms with Gasteiger partial charge in [-0.3, -0.25) is 9.36 Å². The molecule has 1 atom stereocenters.